The predicted octanol–water partition coefficient (Wildman–Crippen LogP) is 3.43. The molecule has 1 aliphatic carbocycles. The van der Waals surface area contributed by atoms with Crippen molar-refractivity contribution in [3.63, 3.8) is 0 Å². The first-order valence-electron chi connectivity index (χ1n) is 8.75. The molecular formula is C19H26FNO4S. The smallest absolute Gasteiger partial charge is 0.303 e. The number of carboxylic acids is 1. The highest BCUT2D eigenvalue weighted by atomic mass is 32.2. The number of halogens is 1. The summed E-state index contributed by atoms with van der Waals surface area (Å²) in [6.45, 7) is 6.23. The van der Waals surface area contributed by atoms with Gasteiger partial charge in [0.05, 0.1) is 11.3 Å². The number of aliphatic carboxylic acids is 1. The predicted molar refractivity (Wildman–Crippen MR) is 97.5 cm³/mol. The molecule has 5 nitrogen and oxygen atoms in total. The van der Waals surface area contributed by atoms with Gasteiger partial charge in [0.1, 0.15) is 5.82 Å². The van der Waals surface area contributed by atoms with Crippen LogP contribution in [0, 0.1) is 29.5 Å². The second kappa shape index (κ2) is 8.31. The molecule has 0 saturated heterocycles. The van der Waals surface area contributed by atoms with E-state index in [0.717, 1.165) is 18.1 Å². The standard InChI is InChI=1S/C19H26FNO4S/c1-12(2)18-8-14(9-19(22)23)13(3)7-15(18)11-21-26(24,25)17-6-4-5-16(20)10-17/h4-7,10,12,14-15,18,21H,8-9,11H2,1-3H3,(H,22,23)/t14-,15-,18-/m0/s1. The second-order valence-corrected chi connectivity index (χ2v) is 9.09. The van der Waals surface area contributed by atoms with Crippen LogP contribution in [0.2, 0.25) is 0 Å². The van der Waals surface area contributed by atoms with E-state index in [1.54, 1.807) is 0 Å². The lowest BCUT2D eigenvalue weighted by Crippen LogP contribution is -2.37. The monoisotopic (exact) mass is 383 g/mol. The summed E-state index contributed by atoms with van der Waals surface area (Å²) in [6.07, 6.45) is 2.81. The topological polar surface area (TPSA) is 83.5 Å². The molecule has 3 atom stereocenters. The SMILES string of the molecule is CC1=C[C@@H](CNS(=O)(=O)c2cccc(F)c2)[C@H](C(C)C)C[C@H]1CC(=O)O. The molecule has 2 rings (SSSR count). The third-order valence-electron chi connectivity index (χ3n) is 5.12. The largest absolute Gasteiger partial charge is 0.481 e. The Balaban J connectivity index is 2.16. The van der Waals surface area contributed by atoms with E-state index in [0.29, 0.717) is 5.92 Å². The van der Waals surface area contributed by atoms with Crippen LogP contribution in [0.5, 0.6) is 0 Å². The van der Waals surface area contributed by atoms with Gasteiger partial charge in [0.2, 0.25) is 10.0 Å². The van der Waals surface area contributed by atoms with Crippen LogP contribution in [0.1, 0.15) is 33.6 Å². The first kappa shape index (κ1) is 20.6. The first-order valence-corrected chi connectivity index (χ1v) is 10.2. The fraction of sp³-hybridized carbons (Fsp3) is 0.526. The number of hydrogen-bond acceptors (Lipinski definition) is 3. The Labute approximate surface area is 154 Å². The van der Waals surface area contributed by atoms with Gasteiger partial charge in [0, 0.05) is 6.54 Å². The Hall–Kier alpha value is -1.73. The molecule has 0 aromatic heterocycles. The molecule has 1 aromatic rings. The highest BCUT2D eigenvalue weighted by Crippen LogP contribution is 2.38. The Bertz CT molecular complexity index is 788. The van der Waals surface area contributed by atoms with Crippen LogP contribution < -0.4 is 4.72 Å². The number of sulfonamides is 1. The number of nitrogens with one attached hydrogen (secondary N) is 1. The number of rotatable bonds is 7. The summed E-state index contributed by atoms with van der Waals surface area (Å²) >= 11 is 0. The molecule has 7 heteroatoms. The third kappa shape index (κ3) is 5.14. The third-order valence-corrected chi connectivity index (χ3v) is 6.54. The zero-order valence-corrected chi connectivity index (χ0v) is 16.1. The minimum Gasteiger partial charge on any atom is -0.481 e. The quantitative estimate of drug-likeness (QED) is 0.707. The molecular weight excluding hydrogens is 357 g/mol. The maximum Gasteiger partial charge on any atom is 0.303 e. The zero-order valence-electron chi connectivity index (χ0n) is 15.3. The van der Waals surface area contributed by atoms with Gasteiger partial charge in [-0.1, -0.05) is 31.6 Å². The summed E-state index contributed by atoms with van der Waals surface area (Å²) in [5, 5.41) is 9.08. The van der Waals surface area contributed by atoms with E-state index in [-0.39, 0.29) is 35.6 Å². The van der Waals surface area contributed by atoms with Crippen molar-refractivity contribution in [3.05, 3.63) is 41.7 Å². The Morgan fingerprint density at radius 2 is 2.08 bits per heavy atom. The molecule has 0 amide bonds. The Kier molecular flexibility index (Phi) is 6.58. The van der Waals surface area contributed by atoms with E-state index in [4.69, 9.17) is 5.11 Å². The van der Waals surface area contributed by atoms with Crippen molar-refractivity contribution in [3.8, 4) is 0 Å². The van der Waals surface area contributed by atoms with Crippen LogP contribution in [0.25, 0.3) is 0 Å². The Morgan fingerprint density at radius 3 is 2.65 bits per heavy atom. The van der Waals surface area contributed by atoms with Gasteiger partial charge >= 0.3 is 5.97 Å². The van der Waals surface area contributed by atoms with Gasteiger partial charge in [-0.15, -0.1) is 0 Å². The molecule has 0 heterocycles. The average molecular weight is 383 g/mol. The van der Waals surface area contributed by atoms with Gasteiger partial charge in [-0.3, -0.25) is 4.79 Å². The van der Waals surface area contributed by atoms with E-state index in [1.807, 2.05) is 13.0 Å². The van der Waals surface area contributed by atoms with Crippen LogP contribution in [-0.4, -0.2) is 26.0 Å². The summed E-state index contributed by atoms with van der Waals surface area (Å²) in [5.74, 6) is -0.995. The zero-order chi connectivity index (χ0) is 19.5. The van der Waals surface area contributed by atoms with E-state index >= 15 is 0 Å². The second-order valence-electron chi connectivity index (χ2n) is 7.32. The number of hydrogen-bond donors (Lipinski definition) is 2. The van der Waals surface area contributed by atoms with Crippen LogP contribution in [-0.2, 0) is 14.8 Å². The molecule has 0 bridgehead atoms. The lowest BCUT2D eigenvalue weighted by Gasteiger charge is -2.36. The van der Waals surface area contributed by atoms with Gasteiger partial charge in [0.15, 0.2) is 0 Å². The summed E-state index contributed by atoms with van der Waals surface area (Å²) < 4.78 is 40.7. The normalized spacial score (nSPS) is 23.7. The maximum atomic E-state index is 13.3. The fourth-order valence-electron chi connectivity index (χ4n) is 3.64. The molecule has 1 aliphatic rings. The molecule has 0 unspecified atom stereocenters. The molecule has 144 valence electrons. The minimum atomic E-state index is -3.79. The first-order chi connectivity index (χ1) is 12.1. The molecule has 2 N–H and O–H groups in total. The van der Waals surface area contributed by atoms with E-state index in [9.17, 15) is 17.6 Å². The highest BCUT2D eigenvalue weighted by molar-refractivity contribution is 7.89. The molecule has 1 aromatic carbocycles. The minimum absolute atomic E-state index is 0.0176. The van der Waals surface area contributed by atoms with Crippen molar-refractivity contribution >= 4 is 16.0 Å². The number of benzene rings is 1. The number of carboxylic acid groups (broad SMARTS) is 1. The van der Waals surface area contributed by atoms with E-state index in [1.165, 1.54) is 18.2 Å². The van der Waals surface area contributed by atoms with Crippen molar-refractivity contribution in [2.75, 3.05) is 6.54 Å². The molecule has 0 radical (unpaired) electrons. The van der Waals surface area contributed by atoms with Gasteiger partial charge in [-0.2, -0.15) is 0 Å². The Morgan fingerprint density at radius 1 is 1.38 bits per heavy atom. The van der Waals surface area contributed by atoms with Gasteiger partial charge in [-0.25, -0.2) is 17.5 Å². The molecule has 26 heavy (non-hydrogen) atoms. The van der Waals surface area contributed by atoms with Crippen LogP contribution >= 0.6 is 0 Å². The lowest BCUT2D eigenvalue weighted by atomic mass is 9.70. The highest BCUT2D eigenvalue weighted by Gasteiger charge is 2.33. The van der Waals surface area contributed by atoms with E-state index in [2.05, 4.69) is 18.6 Å². The van der Waals surface area contributed by atoms with Gasteiger partial charge < -0.3 is 5.11 Å². The van der Waals surface area contributed by atoms with Crippen molar-refractivity contribution < 1.29 is 22.7 Å². The summed E-state index contributed by atoms with van der Waals surface area (Å²) in [6, 6.07) is 4.91. The molecule has 0 aliphatic heterocycles. The summed E-state index contributed by atoms with van der Waals surface area (Å²) in [5.41, 5.74) is 0.985. The van der Waals surface area contributed by atoms with Crippen molar-refractivity contribution in [1.82, 2.24) is 4.72 Å². The lowest BCUT2D eigenvalue weighted by molar-refractivity contribution is -0.138. The van der Waals surface area contributed by atoms with Gasteiger partial charge in [-0.05, 0) is 55.2 Å². The van der Waals surface area contributed by atoms with Crippen molar-refractivity contribution in [2.45, 2.75) is 38.5 Å². The van der Waals surface area contributed by atoms with Crippen LogP contribution in [0.3, 0.4) is 0 Å². The van der Waals surface area contributed by atoms with Crippen molar-refractivity contribution in [2.24, 2.45) is 23.7 Å². The number of allylic oxidation sites excluding steroid dienone is 1. The maximum absolute atomic E-state index is 13.3. The molecule has 0 saturated carbocycles. The molecule has 0 spiro atoms. The van der Waals surface area contributed by atoms with Gasteiger partial charge in [0.25, 0.3) is 0 Å². The van der Waals surface area contributed by atoms with E-state index < -0.39 is 21.8 Å². The summed E-state index contributed by atoms with van der Waals surface area (Å²) in [4.78, 5) is 11.0. The molecule has 0 fully saturated rings. The van der Waals surface area contributed by atoms with Crippen LogP contribution in [0.4, 0.5) is 4.39 Å². The fourth-order valence-corrected chi connectivity index (χ4v) is 4.75. The summed E-state index contributed by atoms with van der Waals surface area (Å²) in [7, 11) is -3.79. The van der Waals surface area contributed by atoms with Crippen LogP contribution in [0.15, 0.2) is 40.8 Å². The van der Waals surface area contributed by atoms with Crippen molar-refractivity contribution in [1.29, 1.82) is 0 Å². The number of carbonyl (C=O) groups is 1. The average Bonchev–Trinajstić information content (AvgIpc) is 2.54.